The van der Waals surface area contributed by atoms with Gasteiger partial charge in [-0.15, -0.1) is 0 Å². The van der Waals surface area contributed by atoms with Gasteiger partial charge in [0.25, 0.3) is 0 Å². The van der Waals surface area contributed by atoms with E-state index < -0.39 is 0 Å². The molecule has 0 spiro atoms. The lowest BCUT2D eigenvalue weighted by atomic mass is 10.2. The van der Waals surface area contributed by atoms with E-state index in [0.717, 1.165) is 5.56 Å². The first-order valence-electron chi connectivity index (χ1n) is 4.06. The highest BCUT2D eigenvalue weighted by Gasteiger charge is 1.91. The van der Waals surface area contributed by atoms with Crippen LogP contribution in [0.25, 0.3) is 0 Å². The normalized spacial score (nSPS) is 8.67. The van der Waals surface area contributed by atoms with Crippen molar-refractivity contribution in [1.29, 1.82) is 0 Å². The standard InChI is InChI=1S/C8H9FO.C2H6/c1-10-6-7-3-2-4-8(9)5-7;1-2/h2-5H,6H2,1H3;1-2H3. The molecule has 0 amide bonds. The quantitative estimate of drug-likeness (QED) is 0.663. The van der Waals surface area contributed by atoms with Crippen LogP contribution in [-0.2, 0) is 11.3 Å². The van der Waals surface area contributed by atoms with Gasteiger partial charge in [0, 0.05) is 7.11 Å². The first-order chi connectivity index (χ1) is 5.83. The topological polar surface area (TPSA) is 9.23 Å². The van der Waals surface area contributed by atoms with Crippen LogP contribution in [0.5, 0.6) is 0 Å². The zero-order valence-corrected chi connectivity index (χ0v) is 7.80. The summed E-state index contributed by atoms with van der Waals surface area (Å²) >= 11 is 0. The third-order valence-electron chi connectivity index (χ3n) is 1.20. The number of halogens is 1. The maximum absolute atomic E-state index is 12.4. The van der Waals surface area contributed by atoms with Crippen molar-refractivity contribution >= 4 is 0 Å². The molecule has 0 radical (unpaired) electrons. The molecular weight excluding hydrogens is 155 g/mol. The molecule has 0 unspecified atom stereocenters. The Morgan fingerprint density at radius 2 is 2.00 bits per heavy atom. The second-order valence-electron chi connectivity index (χ2n) is 2.06. The summed E-state index contributed by atoms with van der Waals surface area (Å²) in [5, 5.41) is 0. The van der Waals surface area contributed by atoms with Gasteiger partial charge >= 0.3 is 0 Å². The van der Waals surface area contributed by atoms with E-state index in [-0.39, 0.29) is 5.82 Å². The molecule has 1 aromatic carbocycles. The molecule has 0 aliphatic rings. The van der Waals surface area contributed by atoms with Crippen molar-refractivity contribution in [3.8, 4) is 0 Å². The second kappa shape index (κ2) is 6.80. The summed E-state index contributed by atoms with van der Waals surface area (Å²) in [5.74, 6) is -0.213. The highest BCUT2D eigenvalue weighted by molar-refractivity contribution is 5.15. The minimum Gasteiger partial charge on any atom is -0.380 e. The third kappa shape index (κ3) is 4.09. The lowest BCUT2D eigenvalue weighted by Crippen LogP contribution is -1.86. The van der Waals surface area contributed by atoms with Gasteiger partial charge in [0.15, 0.2) is 0 Å². The van der Waals surface area contributed by atoms with Crippen molar-refractivity contribution in [3.05, 3.63) is 35.6 Å². The van der Waals surface area contributed by atoms with E-state index in [4.69, 9.17) is 4.74 Å². The van der Waals surface area contributed by atoms with E-state index in [1.807, 2.05) is 19.9 Å². The average Bonchev–Trinajstić information content (AvgIpc) is 2.09. The van der Waals surface area contributed by atoms with Crippen LogP contribution in [0.4, 0.5) is 4.39 Å². The van der Waals surface area contributed by atoms with Gasteiger partial charge in [0.2, 0.25) is 0 Å². The Labute approximate surface area is 73.2 Å². The fourth-order valence-corrected chi connectivity index (χ4v) is 0.793. The number of hydrogen-bond acceptors (Lipinski definition) is 1. The summed E-state index contributed by atoms with van der Waals surface area (Å²) in [6, 6.07) is 6.37. The lowest BCUT2D eigenvalue weighted by molar-refractivity contribution is 0.184. The summed E-state index contributed by atoms with van der Waals surface area (Å²) in [5.41, 5.74) is 0.863. The predicted molar refractivity (Wildman–Crippen MR) is 48.5 cm³/mol. The Morgan fingerprint density at radius 1 is 1.33 bits per heavy atom. The SMILES string of the molecule is CC.COCc1cccc(F)c1. The van der Waals surface area contributed by atoms with Crippen LogP contribution in [-0.4, -0.2) is 7.11 Å². The molecule has 0 fully saturated rings. The van der Waals surface area contributed by atoms with Gasteiger partial charge in [-0.3, -0.25) is 0 Å². The van der Waals surface area contributed by atoms with Gasteiger partial charge in [0.1, 0.15) is 5.82 Å². The molecule has 1 nitrogen and oxygen atoms in total. The first kappa shape index (κ1) is 11.1. The van der Waals surface area contributed by atoms with Gasteiger partial charge in [-0.1, -0.05) is 26.0 Å². The fraction of sp³-hybridized carbons (Fsp3) is 0.400. The highest BCUT2D eigenvalue weighted by atomic mass is 19.1. The van der Waals surface area contributed by atoms with Crippen LogP contribution in [0, 0.1) is 5.82 Å². The molecule has 12 heavy (non-hydrogen) atoms. The molecule has 1 aromatic rings. The first-order valence-corrected chi connectivity index (χ1v) is 4.06. The van der Waals surface area contributed by atoms with Crippen LogP contribution in [0.3, 0.4) is 0 Å². The Morgan fingerprint density at radius 3 is 2.50 bits per heavy atom. The van der Waals surface area contributed by atoms with Crippen LogP contribution in [0.1, 0.15) is 19.4 Å². The molecule has 0 aliphatic carbocycles. The summed E-state index contributed by atoms with van der Waals surface area (Å²) < 4.78 is 17.3. The third-order valence-corrected chi connectivity index (χ3v) is 1.20. The van der Waals surface area contributed by atoms with Gasteiger partial charge < -0.3 is 4.74 Å². The molecule has 0 saturated heterocycles. The van der Waals surface area contributed by atoms with Crippen molar-refractivity contribution in [3.63, 3.8) is 0 Å². The molecule has 68 valence electrons. The maximum Gasteiger partial charge on any atom is 0.123 e. The molecular formula is C10H15FO. The molecule has 2 heteroatoms. The predicted octanol–water partition coefficient (Wildman–Crippen LogP) is 3.00. The molecule has 0 bridgehead atoms. The minimum atomic E-state index is -0.213. The van der Waals surface area contributed by atoms with E-state index >= 15 is 0 Å². The van der Waals surface area contributed by atoms with E-state index in [2.05, 4.69) is 0 Å². The molecule has 0 aromatic heterocycles. The van der Waals surface area contributed by atoms with E-state index in [1.165, 1.54) is 12.1 Å². The molecule has 0 saturated carbocycles. The van der Waals surface area contributed by atoms with E-state index in [9.17, 15) is 4.39 Å². The lowest BCUT2D eigenvalue weighted by Gasteiger charge is -1.97. The molecule has 0 N–H and O–H groups in total. The number of benzene rings is 1. The molecule has 0 atom stereocenters. The van der Waals surface area contributed by atoms with Crippen LogP contribution in [0.15, 0.2) is 24.3 Å². The van der Waals surface area contributed by atoms with Gasteiger partial charge in [-0.2, -0.15) is 0 Å². The molecule has 1 rings (SSSR count). The summed E-state index contributed by atoms with van der Waals surface area (Å²) in [7, 11) is 1.59. The highest BCUT2D eigenvalue weighted by Crippen LogP contribution is 2.03. The Kier molecular flexibility index (Phi) is 6.29. The summed E-state index contributed by atoms with van der Waals surface area (Å²) in [6.45, 7) is 4.47. The van der Waals surface area contributed by atoms with Crippen molar-refractivity contribution in [1.82, 2.24) is 0 Å². The number of hydrogen-bond donors (Lipinski definition) is 0. The molecule has 0 aliphatic heterocycles. The van der Waals surface area contributed by atoms with Gasteiger partial charge in [-0.05, 0) is 17.7 Å². The van der Waals surface area contributed by atoms with Crippen molar-refractivity contribution in [2.45, 2.75) is 20.5 Å². The van der Waals surface area contributed by atoms with Gasteiger partial charge in [0.05, 0.1) is 6.61 Å². The number of ether oxygens (including phenoxy) is 1. The minimum absolute atomic E-state index is 0.213. The zero-order valence-electron chi connectivity index (χ0n) is 7.80. The van der Waals surface area contributed by atoms with Crippen LogP contribution < -0.4 is 0 Å². The zero-order chi connectivity index (χ0) is 9.40. The monoisotopic (exact) mass is 170 g/mol. The average molecular weight is 170 g/mol. The van der Waals surface area contributed by atoms with Gasteiger partial charge in [-0.25, -0.2) is 4.39 Å². The smallest absolute Gasteiger partial charge is 0.123 e. The Balaban J connectivity index is 0.000000561. The summed E-state index contributed by atoms with van der Waals surface area (Å²) in [4.78, 5) is 0. The Hall–Kier alpha value is -0.890. The van der Waals surface area contributed by atoms with Crippen molar-refractivity contribution in [2.75, 3.05) is 7.11 Å². The second-order valence-corrected chi connectivity index (χ2v) is 2.06. The van der Waals surface area contributed by atoms with E-state index in [1.54, 1.807) is 13.2 Å². The van der Waals surface area contributed by atoms with Crippen LogP contribution in [0.2, 0.25) is 0 Å². The maximum atomic E-state index is 12.4. The van der Waals surface area contributed by atoms with E-state index in [0.29, 0.717) is 6.61 Å². The fourth-order valence-electron chi connectivity index (χ4n) is 0.793. The Bertz CT molecular complexity index is 211. The van der Waals surface area contributed by atoms with Crippen molar-refractivity contribution < 1.29 is 9.13 Å². The molecule has 0 heterocycles. The summed E-state index contributed by atoms with van der Waals surface area (Å²) in [6.07, 6.45) is 0. The number of methoxy groups -OCH3 is 1. The number of rotatable bonds is 2. The van der Waals surface area contributed by atoms with Crippen LogP contribution >= 0.6 is 0 Å². The largest absolute Gasteiger partial charge is 0.380 e. The van der Waals surface area contributed by atoms with Crippen molar-refractivity contribution in [2.24, 2.45) is 0 Å².